The normalized spacial score (nSPS) is 20.0. The maximum Gasteiger partial charge on any atom is 0.410 e. The van der Waals surface area contributed by atoms with Gasteiger partial charge < -0.3 is 49.4 Å². The number of carbonyl (C=O) groups is 3. The molecule has 8 aliphatic rings. The van der Waals surface area contributed by atoms with Gasteiger partial charge in [0.05, 0.1) is 80.2 Å². The Morgan fingerprint density at radius 2 is 0.989 bits per heavy atom. The highest BCUT2D eigenvalue weighted by atomic mass is 79.9. The summed E-state index contributed by atoms with van der Waals surface area (Å²) in [7, 11) is 5.42. The van der Waals surface area contributed by atoms with Gasteiger partial charge >= 0.3 is 18.3 Å². The fourth-order valence-corrected chi connectivity index (χ4v) is 11.8. The largest absolute Gasteiger partial charge is 0.447 e. The standard InChI is InChI=1S/C21H25N7O3.C16H17N7O2.C9H6ClN5.C7H12N2O2.C5H9BrO/c1-20(12-30-13-20)11-28-19(29)31-14-21(28)3-5-27(6-4-21)17-9-23-16(7-22)18(25-17)15-8-24-26(2)10-15;1-22-9-11(7-19-22)14-12(6-17)18-8-13(20-14)23-4-2-16(3-5-23)10-25-15(24)21-16;1-15-5-6(3-13-15)9-7(2-11)12-4-8(10)14-9;10-6-9-7(5-11-6)1-3-8-4-2-7;1-5(2-6)3-7-4-5/h8-10H,3-6,11-14H2,1-2H3;7-9H,2-5,10H2,1H3,(H,21,24);3-5H,1H3;8H,1-5H2,(H,9,10);2-4H2,1H3. The van der Waals surface area contributed by atoms with Crippen molar-refractivity contribution in [1.29, 1.82) is 15.8 Å². The van der Waals surface area contributed by atoms with Crippen LogP contribution >= 0.6 is 27.5 Å². The Hall–Kier alpha value is -8.60. The Bertz CT molecular complexity index is 3650. The molecule has 3 amide bonds. The van der Waals surface area contributed by atoms with E-state index in [0.717, 1.165) is 125 Å². The van der Waals surface area contributed by atoms with Crippen LogP contribution < -0.4 is 25.8 Å². The number of nitrogens with zero attached hydrogens (tertiary/aromatic N) is 18. The van der Waals surface area contributed by atoms with Crippen molar-refractivity contribution >= 4 is 57.4 Å². The number of nitrogens with one attached hydrogen (secondary N) is 3. The highest BCUT2D eigenvalue weighted by Crippen LogP contribution is 2.40. The number of ether oxygens (including phenoxy) is 5. The summed E-state index contributed by atoms with van der Waals surface area (Å²) in [4.78, 5) is 66.7. The lowest BCUT2D eigenvalue weighted by Crippen LogP contribution is -2.59. The molecule has 6 aromatic rings. The van der Waals surface area contributed by atoms with E-state index >= 15 is 0 Å². The molecule has 3 N–H and O–H groups in total. The zero-order valence-electron chi connectivity index (χ0n) is 50.1. The van der Waals surface area contributed by atoms with Gasteiger partial charge in [-0.25, -0.2) is 44.3 Å². The Balaban J connectivity index is 0.000000133. The third-order valence-electron chi connectivity index (χ3n) is 16.8. The zero-order valence-corrected chi connectivity index (χ0v) is 52.5. The molecule has 6 aromatic heterocycles. The molecule has 0 aromatic carbocycles. The maximum atomic E-state index is 12.5. The highest BCUT2D eigenvalue weighted by molar-refractivity contribution is 9.09. The molecule has 0 unspecified atom stereocenters. The van der Waals surface area contributed by atoms with Gasteiger partial charge in [-0.1, -0.05) is 41.4 Å². The summed E-state index contributed by atoms with van der Waals surface area (Å²) in [6.07, 6.45) is 19.3. The molecule has 3 spiro atoms. The maximum absolute atomic E-state index is 12.5. The molecule has 89 heavy (non-hydrogen) atoms. The lowest BCUT2D eigenvalue weighted by molar-refractivity contribution is -0.117. The Kier molecular flexibility index (Phi) is 19.3. The van der Waals surface area contributed by atoms with E-state index in [2.05, 4.69) is 108 Å². The van der Waals surface area contributed by atoms with E-state index in [4.69, 9.17) is 45.5 Å². The Morgan fingerprint density at radius 1 is 0.562 bits per heavy atom. The molecule has 29 nitrogen and oxygen atoms in total. The number of amides is 3. The van der Waals surface area contributed by atoms with Crippen LogP contribution in [0, 0.1) is 44.8 Å². The van der Waals surface area contributed by atoms with Crippen LogP contribution in [-0.4, -0.2) is 196 Å². The topological polar surface area (TPSA) is 345 Å². The summed E-state index contributed by atoms with van der Waals surface area (Å²) in [5.41, 5.74) is 4.46. The van der Waals surface area contributed by atoms with Crippen molar-refractivity contribution in [3.63, 3.8) is 0 Å². The average Bonchev–Trinajstić information content (AvgIpc) is 2.20. The molecule has 8 fully saturated rings. The number of hydrogen-bond donors (Lipinski definition) is 3. The Labute approximate surface area is 527 Å². The fraction of sp³-hybridized carbons (Fsp3) is 0.534. The van der Waals surface area contributed by atoms with Crippen molar-refractivity contribution in [3.8, 4) is 52.0 Å². The summed E-state index contributed by atoms with van der Waals surface area (Å²) in [6, 6.07) is 6.16. The molecule has 31 heteroatoms. The van der Waals surface area contributed by atoms with Crippen LogP contribution in [-0.2, 0) is 44.8 Å². The number of hydrogen-bond acceptors (Lipinski definition) is 23. The summed E-state index contributed by atoms with van der Waals surface area (Å²) in [6.45, 7) is 14.5. The molecule has 8 saturated heterocycles. The molecule has 8 aliphatic heterocycles. The number of rotatable bonds is 8. The zero-order chi connectivity index (χ0) is 63.0. The molecular formula is C58H69BrClN21O8. The average molecular weight is 1300 g/mol. The van der Waals surface area contributed by atoms with Gasteiger partial charge in [-0.2, -0.15) is 31.1 Å². The van der Waals surface area contributed by atoms with Crippen molar-refractivity contribution in [1.82, 2.24) is 80.1 Å². The second-order valence-electron chi connectivity index (χ2n) is 24.1. The quantitative estimate of drug-likeness (QED) is 0.132. The van der Waals surface area contributed by atoms with E-state index in [-0.39, 0.29) is 62.5 Å². The lowest BCUT2D eigenvalue weighted by atomic mass is 9.82. The fourth-order valence-electron chi connectivity index (χ4n) is 11.3. The number of halogens is 2. The summed E-state index contributed by atoms with van der Waals surface area (Å²) in [5, 5.41) is 50.3. The van der Waals surface area contributed by atoms with Gasteiger partial charge in [0, 0.05) is 105 Å². The first-order chi connectivity index (χ1) is 42.8. The van der Waals surface area contributed by atoms with Crippen molar-refractivity contribution in [2.24, 2.45) is 32.0 Å². The van der Waals surface area contributed by atoms with E-state index in [1.807, 2.05) is 37.5 Å². The van der Waals surface area contributed by atoms with Crippen LogP contribution in [0.5, 0.6) is 0 Å². The number of nitriles is 3. The van der Waals surface area contributed by atoms with Crippen LogP contribution in [0.4, 0.5) is 26.0 Å². The van der Waals surface area contributed by atoms with E-state index < -0.39 is 0 Å². The first kappa shape index (κ1) is 63.4. The van der Waals surface area contributed by atoms with E-state index in [0.29, 0.717) is 62.1 Å². The molecule has 0 saturated carbocycles. The number of piperidine rings is 3. The third-order valence-corrected chi connectivity index (χ3v) is 18.3. The van der Waals surface area contributed by atoms with E-state index in [1.165, 1.54) is 6.20 Å². The minimum absolute atomic E-state index is 0.00468. The summed E-state index contributed by atoms with van der Waals surface area (Å²) >= 11 is 9.12. The van der Waals surface area contributed by atoms with Crippen LogP contribution in [0.25, 0.3) is 33.8 Å². The van der Waals surface area contributed by atoms with Crippen LogP contribution in [0.3, 0.4) is 0 Å². The van der Waals surface area contributed by atoms with Gasteiger partial charge in [-0.3, -0.25) is 18.9 Å². The number of alkyl carbamates (subject to hydrolysis) is 2. The van der Waals surface area contributed by atoms with Crippen molar-refractivity contribution in [2.75, 3.05) is 107 Å². The molecule has 14 heterocycles. The van der Waals surface area contributed by atoms with Gasteiger partial charge in [0.15, 0.2) is 17.1 Å². The number of alkyl halides is 1. The summed E-state index contributed by atoms with van der Waals surface area (Å²) in [5.74, 6) is 1.45. The minimum atomic E-state index is -0.342. The van der Waals surface area contributed by atoms with E-state index in [9.17, 15) is 24.9 Å². The van der Waals surface area contributed by atoms with Gasteiger partial charge in [-0.15, -0.1) is 0 Å². The number of aromatic nitrogens is 12. The van der Waals surface area contributed by atoms with Crippen LogP contribution in [0.1, 0.15) is 69.5 Å². The summed E-state index contributed by atoms with van der Waals surface area (Å²) < 4.78 is 30.7. The molecule has 0 aliphatic carbocycles. The van der Waals surface area contributed by atoms with Gasteiger partial charge in [0.25, 0.3) is 0 Å². The van der Waals surface area contributed by atoms with Crippen molar-refractivity contribution in [2.45, 2.75) is 69.0 Å². The SMILES string of the molecule is CC1(CBr)COC1.Cn1cc(-c2nc(Cl)cnc2C#N)cn1.Cn1cc(-c2nc(N3CCC4(CC3)COC(=O)N4)cnc2C#N)cn1.Cn1cc(-c2nc(N3CCC4(CC3)COC(=O)N4CC3(C)COC3)cnc2C#N)cn1.O=C1NC2(CCNCC2)CO1. The van der Waals surface area contributed by atoms with E-state index in [1.54, 1.807) is 58.3 Å². The molecule has 0 atom stereocenters. The highest BCUT2D eigenvalue weighted by Gasteiger charge is 2.52. The first-order valence-electron chi connectivity index (χ1n) is 29.0. The second kappa shape index (κ2) is 27.0. The predicted molar refractivity (Wildman–Crippen MR) is 324 cm³/mol. The van der Waals surface area contributed by atoms with Crippen LogP contribution in [0.15, 0.2) is 55.8 Å². The monoisotopic (exact) mass is 1300 g/mol. The second-order valence-corrected chi connectivity index (χ2v) is 25.0. The number of cyclic esters (lactones) is 3. The first-order valence-corrected chi connectivity index (χ1v) is 30.5. The number of anilines is 2. The predicted octanol–water partition coefficient (Wildman–Crippen LogP) is 5.07. The third kappa shape index (κ3) is 14.8. The molecule has 468 valence electrons. The Morgan fingerprint density at radius 3 is 1.36 bits per heavy atom. The van der Waals surface area contributed by atoms with Gasteiger partial charge in [0.2, 0.25) is 0 Å². The molecule has 14 rings (SSSR count). The van der Waals surface area contributed by atoms with Crippen LogP contribution in [0.2, 0.25) is 5.15 Å². The van der Waals surface area contributed by atoms with Gasteiger partial charge in [0.1, 0.15) is 71.9 Å². The van der Waals surface area contributed by atoms with Crippen molar-refractivity contribution < 1.29 is 38.1 Å². The van der Waals surface area contributed by atoms with Gasteiger partial charge in [-0.05, 0) is 51.6 Å². The molecule has 0 radical (unpaired) electrons. The number of aryl methyl sites for hydroxylation is 3. The smallest absolute Gasteiger partial charge is 0.410 e. The molecule has 0 bridgehead atoms. The number of carbonyl (C=O) groups excluding carboxylic acids is 3. The van der Waals surface area contributed by atoms with Crippen molar-refractivity contribution in [3.05, 3.63) is 78.0 Å². The lowest BCUT2D eigenvalue weighted by Gasteiger charge is -2.47. The minimum Gasteiger partial charge on any atom is -0.447 e. The molecular weight excluding hydrogens is 1230 g/mol.